The molecule has 0 aliphatic carbocycles. The number of hydrogen-bond donors (Lipinski definition) is 1. The van der Waals surface area contributed by atoms with Gasteiger partial charge in [-0.2, -0.15) is 0 Å². The van der Waals surface area contributed by atoms with E-state index in [1.165, 1.54) is 25.7 Å². The van der Waals surface area contributed by atoms with E-state index in [0.717, 1.165) is 24.5 Å². The zero-order chi connectivity index (χ0) is 16.2. The van der Waals surface area contributed by atoms with Gasteiger partial charge in [0, 0.05) is 19.3 Å². The maximum absolute atomic E-state index is 10.8. The van der Waals surface area contributed by atoms with E-state index in [1.54, 1.807) is 13.1 Å². The molecule has 0 aromatic carbocycles. The number of aliphatic carboxylic acids is 1. The number of nitrogens with zero attached hydrogens (tertiary/aromatic N) is 3. The van der Waals surface area contributed by atoms with Crippen molar-refractivity contribution in [1.82, 2.24) is 9.97 Å². The molecule has 6 heteroatoms. The second-order valence-electron chi connectivity index (χ2n) is 5.90. The molecule has 0 radical (unpaired) electrons. The summed E-state index contributed by atoms with van der Waals surface area (Å²) in [5, 5.41) is 8.88. The maximum Gasteiger partial charge on any atom is 0.309 e. The van der Waals surface area contributed by atoms with Crippen molar-refractivity contribution >= 4 is 11.8 Å². The van der Waals surface area contributed by atoms with Gasteiger partial charge >= 0.3 is 5.97 Å². The standard InChI is InChI=1S/C17H21N3O3/c1-12-14(10-16(21)22)19-17(23-12)13-6-7-15(18-11-13)20-8-4-2-3-5-9-20/h6-7,11H,2-5,8-10H2,1H3,(H,21,22). The van der Waals surface area contributed by atoms with E-state index in [1.807, 2.05) is 12.1 Å². The van der Waals surface area contributed by atoms with Gasteiger partial charge in [-0.3, -0.25) is 4.79 Å². The first-order valence-corrected chi connectivity index (χ1v) is 8.03. The largest absolute Gasteiger partial charge is 0.481 e. The number of aryl methyl sites for hydroxylation is 1. The minimum atomic E-state index is -0.914. The van der Waals surface area contributed by atoms with Crippen molar-refractivity contribution in [2.75, 3.05) is 18.0 Å². The summed E-state index contributed by atoms with van der Waals surface area (Å²) in [4.78, 5) is 21.9. The van der Waals surface area contributed by atoms with Gasteiger partial charge in [0.1, 0.15) is 11.6 Å². The Morgan fingerprint density at radius 1 is 1.26 bits per heavy atom. The summed E-state index contributed by atoms with van der Waals surface area (Å²) < 4.78 is 5.58. The molecule has 0 spiro atoms. The molecule has 2 aromatic rings. The van der Waals surface area contributed by atoms with Gasteiger partial charge in [0.15, 0.2) is 0 Å². The predicted molar refractivity (Wildman–Crippen MR) is 86.5 cm³/mol. The van der Waals surface area contributed by atoms with Crippen LogP contribution in [0, 0.1) is 6.92 Å². The number of pyridine rings is 1. The number of anilines is 1. The first-order valence-electron chi connectivity index (χ1n) is 8.03. The molecular weight excluding hydrogens is 294 g/mol. The normalized spacial score (nSPS) is 15.4. The van der Waals surface area contributed by atoms with Crippen molar-refractivity contribution < 1.29 is 14.3 Å². The van der Waals surface area contributed by atoms with Gasteiger partial charge in [0.25, 0.3) is 0 Å². The van der Waals surface area contributed by atoms with Crippen LogP contribution in [-0.4, -0.2) is 34.1 Å². The molecule has 0 bridgehead atoms. The monoisotopic (exact) mass is 315 g/mol. The minimum Gasteiger partial charge on any atom is -0.481 e. The van der Waals surface area contributed by atoms with Crippen LogP contribution in [0.2, 0.25) is 0 Å². The summed E-state index contributed by atoms with van der Waals surface area (Å²) in [6, 6.07) is 3.92. The minimum absolute atomic E-state index is 0.130. The van der Waals surface area contributed by atoms with E-state index in [2.05, 4.69) is 14.9 Å². The molecule has 1 aliphatic heterocycles. The Bertz CT molecular complexity index is 671. The lowest BCUT2D eigenvalue weighted by Crippen LogP contribution is -2.24. The zero-order valence-electron chi connectivity index (χ0n) is 13.3. The quantitative estimate of drug-likeness (QED) is 0.934. The Kier molecular flexibility index (Phi) is 4.60. The second-order valence-corrected chi connectivity index (χ2v) is 5.90. The highest BCUT2D eigenvalue weighted by molar-refractivity contribution is 5.70. The lowest BCUT2D eigenvalue weighted by Gasteiger charge is -2.21. The lowest BCUT2D eigenvalue weighted by atomic mass is 10.2. The van der Waals surface area contributed by atoms with E-state index in [0.29, 0.717) is 17.3 Å². The molecule has 2 aromatic heterocycles. The van der Waals surface area contributed by atoms with Crippen molar-refractivity contribution in [2.24, 2.45) is 0 Å². The fourth-order valence-electron chi connectivity index (χ4n) is 2.86. The highest BCUT2D eigenvalue weighted by Crippen LogP contribution is 2.24. The van der Waals surface area contributed by atoms with Crippen molar-refractivity contribution in [2.45, 2.75) is 39.0 Å². The smallest absolute Gasteiger partial charge is 0.309 e. The van der Waals surface area contributed by atoms with E-state index in [4.69, 9.17) is 9.52 Å². The molecule has 23 heavy (non-hydrogen) atoms. The van der Waals surface area contributed by atoms with Crippen LogP contribution >= 0.6 is 0 Å². The van der Waals surface area contributed by atoms with Crippen LogP contribution in [0.4, 0.5) is 5.82 Å². The number of carboxylic acid groups (broad SMARTS) is 1. The molecule has 0 unspecified atom stereocenters. The van der Waals surface area contributed by atoms with Gasteiger partial charge in [-0.15, -0.1) is 0 Å². The first-order chi connectivity index (χ1) is 11.1. The van der Waals surface area contributed by atoms with Crippen LogP contribution in [0.1, 0.15) is 37.1 Å². The van der Waals surface area contributed by atoms with E-state index >= 15 is 0 Å². The second kappa shape index (κ2) is 6.81. The van der Waals surface area contributed by atoms with Gasteiger partial charge in [-0.25, -0.2) is 9.97 Å². The fourth-order valence-corrected chi connectivity index (χ4v) is 2.86. The molecule has 3 heterocycles. The molecule has 0 atom stereocenters. The predicted octanol–water partition coefficient (Wildman–Crippen LogP) is 3.05. The first kappa shape index (κ1) is 15.5. The van der Waals surface area contributed by atoms with Crippen LogP contribution in [-0.2, 0) is 11.2 Å². The summed E-state index contributed by atoms with van der Waals surface area (Å²) in [6.45, 7) is 3.83. The van der Waals surface area contributed by atoms with Crippen LogP contribution < -0.4 is 4.90 Å². The third kappa shape index (κ3) is 3.70. The van der Waals surface area contributed by atoms with Crippen LogP contribution in [0.5, 0.6) is 0 Å². The van der Waals surface area contributed by atoms with Gasteiger partial charge in [-0.05, 0) is 31.9 Å². The van der Waals surface area contributed by atoms with Crippen molar-refractivity contribution in [1.29, 1.82) is 0 Å². The average Bonchev–Trinajstić information content (AvgIpc) is 2.76. The lowest BCUT2D eigenvalue weighted by molar-refractivity contribution is -0.136. The Morgan fingerprint density at radius 3 is 2.61 bits per heavy atom. The van der Waals surface area contributed by atoms with Crippen molar-refractivity contribution in [3.8, 4) is 11.5 Å². The van der Waals surface area contributed by atoms with Crippen LogP contribution in [0.3, 0.4) is 0 Å². The Hall–Kier alpha value is -2.37. The molecule has 1 saturated heterocycles. The molecule has 1 N–H and O–H groups in total. The Morgan fingerprint density at radius 2 is 2.00 bits per heavy atom. The van der Waals surface area contributed by atoms with E-state index < -0.39 is 5.97 Å². The molecule has 3 rings (SSSR count). The van der Waals surface area contributed by atoms with E-state index in [-0.39, 0.29) is 6.42 Å². The molecule has 122 valence electrons. The van der Waals surface area contributed by atoms with Gasteiger partial charge in [0.2, 0.25) is 5.89 Å². The summed E-state index contributed by atoms with van der Waals surface area (Å²) in [6.07, 6.45) is 6.61. The topological polar surface area (TPSA) is 79.5 Å². The summed E-state index contributed by atoms with van der Waals surface area (Å²) >= 11 is 0. The van der Waals surface area contributed by atoms with Crippen molar-refractivity contribution in [3.63, 3.8) is 0 Å². The van der Waals surface area contributed by atoms with Crippen molar-refractivity contribution in [3.05, 3.63) is 29.8 Å². The third-order valence-electron chi connectivity index (χ3n) is 4.14. The number of carboxylic acids is 1. The maximum atomic E-state index is 10.8. The number of rotatable bonds is 4. The molecule has 1 aliphatic rings. The zero-order valence-corrected chi connectivity index (χ0v) is 13.3. The van der Waals surface area contributed by atoms with Gasteiger partial charge in [0.05, 0.1) is 17.7 Å². The highest BCUT2D eigenvalue weighted by Gasteiger charge is 2.15. The highest BCUT2D eigenvalue weighted by atomic mass is 16.4. The van der Waals surface area contributed by atoms with E-state index in [9.17, 15) is 4.79 Å². The number of hydrogen-bond acceptors (Lipinski definition) is 5. The molecule has 0 saturated carbocycles. The number of oxazole rings is 1. The summed E-state index contributed by atoms with van der Waals surface area (Å²) in [5.41, 5.74) is 1.23. The van der Waals surface area contributed by atoms with Gasteiger partial charge in [-0.1, -0.05) is 12.8 Å². The number of aromatic nitrogens is 2. The molecular formula is C17H21N3O3. The SMILES string of the molecule is Cc1oc(-c2ccc(N3CCCCCC3)nc2)nc1CC(=O)O. The Balaban J connectivity index is 1.77. The van der Waals surface area contributed by atoms with Crippen LogP contribution in [0.15, 0.2) is 22.7 Å². The van der Waals surface area contributed by atoms with Gasteiger partial charge < -0.3 is 14.4 Å². The van der Waals surface area contributed by atoms with Crippen LogP contribution in [0.25, 0.3) is 11.5 Å². The summed E-state index contributed by atoms with van der Waals surface area (Å²) in [7, 11) is 0. The Labute approximate surface area is 135 Å². The molecule has 0 amide bonds. The number of carbonyl (C=O) groups is 1. The third-order valence-corrected chi connectivity index (χ3v) is 4.14. The average molecular weight is 315 g/mol. The molecule has 6 nitrogen and oxygen atoms in total. The fraction of sp³-hybridized carbons (Fsp3) is 0.471. The summed E-state index contributed by atoms with van der Waals surface area (Å²) in [5.74, 6) is 1.03. The molecule has 1 fully saturated rings.